The molecule has 0 radical (unpaired) electrons. The van der Waals surface area contributed by atoms with Gasteiger partial charge in [0.25, 0.3) is 0 Å². The van der Waals surface area contributed by atoms with Crippen molar-refractivity contribution in [1.82, 2.24) is 4.98 Å². The van der Waals surface area contributed by atoms with Crippen molar-refractivity contribution >= 4 is 0 Å². The molecule has 0 aliphatic rings. The molecule has 6 heteroatoms. The molecule has 0 aliphatic heterocycles. The summed E-state index contributed by atoms with van der Waals surface area (Å²) in [6.07, 6.45) is -3.04. The van der Waals surface area contributed by atoms with Crippen LogP contribution < -0.4 is 10.5 Å². The Kier molecular flexibility index (Phi) is 3.52. The van der Waals surface area contributed by atoms with Gasteiger partial charge in [0.15, 0.2) is 0 Å². The van der Waals surface area contributed by atoms with E-state index in [4.69, 9.17) is 10.5 Å². The highest BCUT2D eigenvalue weighted by molar-refractivity contribution is 5.33. The first-order chi connectivity index (χ1) is 6.99. The van der Waals surface area contributed by atoms with Crippen LogP contribution in [0.25, 0.3) is 0 Å². The molecule has 1 aromatic heterocycles. The Hall–Kier alpha value is -1.30. The minimum atomic E-state index is -4.43. The molecular formula is C9H11F3N2O. The van der Waals surface area contributed by atoms with Crippen molar-refractivity contribution in [3.8, 4) is 5.75 Å². The Morgan fingerprint density at radius 3 is 2.60 bits per heavy atom. The Bertz CT molecular complexity index is 339. The highest BCUT2D eigenvalue weighted by Crippen LogP contribution is 2.30. The Balaban J connectivity index is 3.10. The summed E-state index contributed by atoms with van der Waals surface area (Å²) in [5, 5.41) is 0. The van der Waals surface area contributed by atoms with Crippen molar-refractivity contribution in [2.24, 2.45) is 5.73 Å². The van der Waals surface area contributed by atoms with Crippen LogP contribution in [0.15, 0.2) is 12.3 Å². The molecule has 3 nitrogen and oxygen atoms in total. The van der Waals surface area contributed by atoms with Crippen molar-refractivity contribution in [2.45, 2.75) is 12.6 Å². The number of nitrogens with two attached hydrogens (primary N) is 1. The number of aromatic nitrogens is 1. The van der Waals surface area contributed by atoms with E-state index in [1.807, 2.05) is 0 Å². The summed E-state index contributed by atoms with van der Waals surface area (Å²) in [4.78, 5) is 3.27. The average molecular weight is 220 g/mol. The van der Waals surface area contributed by atoms with Gasteiger partial charge in [0.1, 0.15) is 11.4 Å². The van der Waals surface area contributed by atoms with E-state index in [2.05, 4.69) is 4.98 Å². The van der Waals surface area contributed by atoms with Crippen LogP contribution in [0, 0.1) is 0 Å². The summed E-state index contributed by atoms with van der Waals surface area (Å²) in [5.74, 6) is 0.327. The zero-order chi connectivity index (χ0) is 11.5. The number of pyridine rings is 1. The van der Waals surface area contributed by atoms with E-state index in [1.165, 1.54) is 7.11 Å². The summed E-state index contributed by atoms with van der Waals surface area (Å²) < 4.78 is 41.8. The number of rotatable bonds is 3. The van der Waals surface area contributed by atoms with E-state index < -0.39 is 11.9 Å². The lowest BCUT2D eigenvalue weighted by Crippen LogP contribution is -2.11. The normalized spacial score (nSPS) is 11.5. The van der Waals surface area contributed by atoms with Gasteiger partial charge in [-0.2, -0.15) is 13.2 Å². The monoisotopic (exact) mass is 220 g/mol. The highest BCUT2D eigenvalue weighted by atomic mass is 19.4. The number of methoxy groups -OCH3 is 1. The molecule has 0 unspecified atom stereocenters. The van der Waals surface area contributed by atoms with E-state index in [9.17, 15) is 13.2 Å². The van der Waals surface area contributed by atoms with Crippen LogP contribution in [0.1, 0.15) is 11.3 Å². The standard InChI is InChI=1S/C9H11F3N2O/c1-15-7-5-14-8(9(10,11)12)4-6(7)2-3-13/h4-5H,2-3,13H2,1H3. The molecule has 0 aromatic carbocycles. The van der Waals surface area contributed by atoms with Crippen LogP contribution >= 0.6 is 0 Å². The molecule has 15 heavy (non-hydrogen) atoms. The largest absolute Gasteiger partial charge is 0.495 e. The topological polar surface area (TPSA) is 48.1 Å². The molecule has 0 saturated heterocycles. The van der Waals surface area contributed by atoms with Gasteiger partial charge in [-0.3, -0.25) is 0 Å². The van der Waals surface area contributed by atoms with Crippen LogP contribution in [-0.2, 0) is 12.6 Å². The molecule has 0 saturated carbocycles. The predicted molar refractivity (Wildman–Crippen MR) is 48.5 cm³/mol. The smallest absolute Gasteiger partial charge is 0.433 e. The van der Waals surface area contributed by atoms with Crippen LogP contribution in [0.3, 0.4) is 0 Å². The molecule has 0 fully saturated rings. The lowest BCUT2D eigenvalue weighted by molar-refractivity contribution is -0.141. The van der Waals surface area contributed by atoms with Gasteiger partial charge >= 0.3 is 6.18 Å². The fraction of sp³-hybridized carbons (Fsp3) is 0.444. The van der Waals surface area contributed by atoms with Crippen LogP contribution in [0.5, 0.6) is 5.75 Å². The molecule has 1 rings (SSSR count). The van der Waals surface area contributed by atoms with Gasteiger partial charge in [0.2, 0.25) is 0 Å². The first kappa shape index (κ1) is 11.8. The molecular weight excluding hydrogens is 209 g/mol. The molecule has 2 N–H and O–H groups in total. The fourth-order valence-electron chi connectivity index (χ4n) is 1.17. The Labute approximate surface area is 85.1 Å². The average Bonchev–Trinajstić information content (AvgIpc) is 2.17. The SMILES string of the molecule is COc1cnc(C(F)(F)F)cc1CCN. The number of alkyl halides is 3. The second-order valence-corrected chi connectivity index (χ2v) is 2.92. The van der Waals surface area contributed by atoms with E-state index in [0.29, 0.717) is 17.7 Å². The zero-order valence-electron chi connectivity index (χ0n) is 8.14. The quantitative estimate of drug-likeness (QED) is 0.841. The van der Waals surface area contributed by atoms with Crippen molar-refractivity contribution in [2.75, 3.05) is 13.7 Å². The number of ether oxygens (including phenoxy) is 1. The van der Waals surface area contributed by atoms with Gasteiger partial charge in [-0.05, 0) is 24.6 Å². The molecule has 0 bridgehead atoms. The number of halogens is 3. The third-order valence-corrected chi connectivity index (χ3v) is 1.87. The fourth-order valence-corrected chi connectivity index (χ4v) is 1.17. The summed E-state index contributed by atoms with van der Waals surface area (Å²) in [5.41, 5.74) is 4.78. The van der Waals surface area contributed by atoms with Crippen molar-refractivity contribution in [3.63, 3.8) is 0 Å². The highest BCUT2D eigenvalue weighted by Gasteiger charge is 2.33. The third kappa shape index (κ3) is 2.82. The number of hydrogen-bond donors (Lipinski definition) is 1. The maximum absolute atomic E-state index is 12.3. The maximum Gasteiger partial charge on any atom is 0.433 e. The first-order valence-corrected chi connectivity index (χ1v) is 4.29. The molecule has 1 heterocycles. The molecule has 0 atom stereocenters. The number of nitrogens with zero attached hydrogens (tertiary/aromatic N) is 1. The van der Waals surface area contributed by atoms with Gasteiger partial charge in [-0.25, -0.2) is 4.98 Å². The van der Waals surface area contributed by atoms with E-state index in [-0.39, 0.29) is 6.54 Å². The van der Waals surface area contributed by atoms with E-state index >= 15 is 0 Å². The summed E-state index contributed by atoms with van der Waals surface area (Å²) >= 11 is 0. The van der Waals surface area contributed by atoms with Crippen molar-refractivity contribution < 1.29 is 17.9 Å². The minimum absolute atomic E-state index is 0.262. The molecule has 0 aliphatic carbocycles. The van der Waals surface area contributed by atoms with E-state index in [1.54, 1.807) is 0 Å². The van der Waals surface area contributed by atoms with Gasteiger partial charge < -0.3 is 10.5 Å². The lowest BCUT2D eigenvalue weighted by atomic mass is 10.1. The molecule has 0 spiro atoms. The molecule has 1 aromatic rings. The molecule has 0 amide bonds. The van der Waals surface area contributed by atoms with Gasteiger partial charge in [0.05, 0.1) is 13.3 Å². The number of hydrogen-bond acceptors (Lipinski definition) is 3. The van der Waals surface area contributed by atoms with Crippen LogP contribution in [-0.4, -0.2) is 18.6 Å². The summed E-state index contributed by atoms with van der Waals surface area (Å²) in [6, 6.07) is 0.964. The lowest BCUT2D eigenvalue weighted by Gasteiger charge is -2.10. The van der Waals surface area contributed by atoms with Crippen molar-refractivity contribution in [1.29, 1.82) is 0 Å². The Morgan fingerprint density at radius 2 is 2.13 bits per heavy atom. The first-order valence-electron chi connectivity index (χ1n) is 4.29. The Morgan fingerprint density at radius 1 is 1.47 bits per heavy atom. The van der Waals surface area contributed by atoms with E-state index in [0.717, 1.165) is 12.3 Å². The van der Waals surface area contributed by atoms with Gasteiger partial charge in [-0.15, -0.1) is 0 Å². The van der Waals surface area contributed by atoms with Crippen LogP contribution in [0.2, 0.25) is 0 Å². The second kappa shape index (κ2) is 4.48. The summed E-state index contributed by atoms with van der Waals surface area (Å²) in [6.45, 7) is 0.262. The maximum atomic E-state index is 12.3. The predicted octanol–water partition coefficient (Wildman–Crippen LogP) is 1.61. The van der Waals surface area contributed by atoms with Crippen molar-refractivity contribution in [3.05, 3.63) is 23.5 Å². The zero-order valence-corrected chi connectivity index (χ0v) is 8.14. The third-order valence-electron chi connectivity index (χ3n) is 1.87. The van der Waals surface area contributed by atoms with Gasteiger partial charge in [0, 0.05) is 0 Å². The molecule has 84 valence electrons. The van der Waals surface area contributed by atoms with Gasteiger partial charge in [-0.1, -0.05) is 0 Å². The summed E-state index contributed by atoms with van der Waals surface area (Å²) in [7, 11) is 1.38. The minimum Gasteiger partial charge on any atom is -0.495 e. The second-order valence-electron chi connectivity index (χ2n) is 2.92. The van der Waals surface area contributed by atoms with Crippen LogP contribution in [0.4, 0.5) is 13.2 Å².